The van der Waals surface area contributed by atoms with Gasteiger partial charge in [0.2, 0.25) is 5.91 Å². The summed E-state index contributed by atoms with van der Waals surface area (Å²) in [6.07, 6.45) is 4.39. The van der Waals surface area contributed by atoms with E-state index in [2.05, 4.69) is 0 Å². The van der Waals surface area contributed by atoms with E-state index in [0.717, 1.165) is 38.5 Å². The molecule has 0 aromatic heterocycles. The number of nitrogens with two attached hydrogens (primary N) is 1. The lowest BCUT2D eigenvalue weighted by Gasteiger charge is -2.30. The predicted octanol–water partition coefficient (Wildman–Crippen LogP) is 0.784. The molecule has 1 aliphatic heterocycles. The molecular weight excluding hydrogens is 228 g/mol. The molecule has 2 aliphatic rings. The van der Waals surface area contributed by atoms with E-state index in [1.807, 2.05) is 4.90 Å². The standard InChI is InChI=1S/C11H20N2O2.ClH/c12-10-3-5-13(6-4-10)11(14)8-15-7-9-1-2-9;/h9-10H,1-8,12H2;1H. The van der Waals surface area contributed by atoms with Crippen LogP contribution in [0.25, 0.3) is 0 Å². The second kappa shape index (κ2) is 6.42. The minimum Gasteiger partial charge on any atom is -0.371 e. The summed E-state index contributed by atoms with van der Waals surface area (Å²) in [6, 6.07) is 0.279. The number of piperidine rings is 1. The third-order valence-electron chi connectivity index (χ3n) is 3.17. The molecule has 1 aliphatic carbocycles. The molecular formula is C11H21ClN2O2. The van der Waals surface area contributed by atoms with Gasteiger partial charge in [-0.1, -0.05) is 0 Å². The zero-order valence-corrected chi connectivity index (χ0v) is 10.4. The SMILES string of the molecule is Cl.NC1CCN(C(=O)COCC2CC2)CC1. The van der Waals surface area contributed by atoms with Gasteiger partial charge in [-0.3, -0.25) is 4.79 Å². The number of carbonyl (C=O) groups excluding carboxylic acids is 1. The van der Waals surface area contributed by atoms with E-state index in [1.165, 1.54) is 12.8 Å². The third-order valence-corrected chi connectivity index (χ3v) is 3.17. The van der Waals surface area contributed by atoms with E-state index in [4.69, 9.17) is 10.5 Å². The number of ether oxygens (including phenoxy) is 1. The number of hydrogen-bond acceptors (Lipinski definition) is 3. The Kier molecular flexibility index (Phi) is 5.52. The normalized spacial score (nSPS) is 21.7. The Bertz CT molecular complexity index is 226. The van der Waals surface area contributed by atoms with Gasteiger partial charge in [0.1, 0.15) is 6.61 Å². The van der Waals surface area contributed by atoms with Crippen molar-refractivity contribution in [1.29, 1.82) is 0 Å². The van der Waals surface area contributed by atoms with E-state index in [0.29, 0.717) is 0 Å². The van der Waals surface area contributed by atoms with Crippen LogP contribution in [-0.2, 0) is 9.53 Å². The third kappa shape index (κ3) is 4.28. The molecule has 4 nitrogen and oxygen atoms in total. The summed E-state index contributed by atoms with van der Waals surface area (Å²) in [6.45, 7) is 2.62. The average Bonchev–Trinajstić information content (AvgIpc) is 3.02. The second-order valence-corrected chi connectivity index (χ2v) is 4.68. The first-order valence-electron chi connectivity index (χ1n) is 5.87. The van der Waals surface area contributed by atoms with Gasteiger partial charge in [-0.25, -0.2) is 0 Å². The number of carbonyl (C=O) groups is 1. The van der Waals surface area contributed by atoms with Crippen molar-refractivity contribution in [3.05, 3.63) is 0 Å². The first-order valence-corrected chi connectivity index (χ1v) is 5.87. The van der Waals surface area contributed by atoms with Crippen molar-refractivity contribution in [3.63, 3.8) is 0 Å². The highest BCUT2D eigenvalue weighted by Crippen LogP contribution is 2.28. The zero-order chi connectivity index (χ0) is 10.7. The van der Waals surface area contributed by atoms with Gasteiger partial charge in [0.25, 0.3) is 0 Å². The number of hydrogen-bond donors (Lipinski definition) is 1. The van der Waals surface area contributed by atoms with Crippen LogP contribution in [-0.4, -0.2) is 43.2 Å². The molecule has 2 N–H and O–H groups in total. The van der Waals surface area contributed by atoms with Crippen LogP contribution in [0, 0.1) is 5.92 Å². The highest BCUT2D eigenvalue weighted by Gasteiger charge is 2.23. The lowest BCUT2D eigenvalue weighted by atomic mass is 10.1. The highest BCUT2D eigenvalue weighted by molar-refractivity contribution is 5.85. The molecule has 1 heterocycles. The molecule has 1 saturated heterocycles. The highest BCUT2D eigenvalue weighted by atomic mass is 35.5. The fourth-order valence-electron chi connectivity index (χ4n) is 1.84. The van der Waals surface area contributed by atoms with E-state index in [9.17, 15) is 4.79 Å². The number of halogens is 1. The molecule has 0 unspecified atom stereocenters. The molecule has 0 aromatic rings. The maximum atomic E-state index is 11.7. The second-order valence-electron chi connectivity index (χ2n) is 4.68. The van der Waals surface area contributed by atoms with Crippen LogP contribution in [0.4, 0.5) is 0 Å². The summed E-state index contributed by atoms with van der Waals surface area (Å²) < 4.78 is 5.38. The molecule has 0 spiro atoms. The van der Waals surface area contributed by atoms with Gasteiger partial charge in [-0.05, 0) is 31.6 Å². The van der Waals surface area contributed by atoms with E-state index >= 15 is 0 Å². The van der Waals surface area contributed by atoms with Crippen LogP contribution < -0.4 is 5.73 Å². The molecule has 0 atom stereocenters. The molecule has 2 fully saturated rings. The van der Waals surface area contributed by atoms with Gasteiger partial charge >= 0.3 is 0 Å². The van der Waals surface area contributed by atoms with Gasteiger partial charge in [0, 0.05) is 19.1 Å². The summed E-state index contributed by atoms with van der Waals surface area (Å²) in [5, 5.41) is 0. The fraction of sp³-hybridized carbons (Fsp3) is 0.909. The number of amides is 1. The van der Waals surface area contributed by atoms with Crippen LogP contribution in [0.1, 0.15) is 25.7 Å². The fourth-order valence-corrected chi connectivity index (χ4v) is 1.84. The summed E-state index contributed by atoms with van der Waals surface area (Å²) in [5.74, 6) is 0.857. The Hall–Kier alpha value is -0.320. The molecule has 0 aromatic carbocycles. The van der Waals surface area contributed by atoms with Crippen molar-refractivity contribution in [2.75, 3.05) is 26.3 Å². The van der Waals surface area contributed by atoms with E-state index in [-0.39, 0.29) is 31.0 Å². The monoisotopic (exact) mass is 248 g/mol. The topological polar surface area (TPSA) is 55.6 Å². The minimum absolute atomic E-state index is 0. The maximum Gasteiger partial charge on any atom is 0.248 e. The molecule has 0 bridgehead atoms. The van der Waals surface area contributed by atoms with Crippen molar-refractivity contribution in [2.24, 2.45) is 11.7 Å². The Morgan fingerprint density at radius 1 is 1.25 bits per heavy atom. The van der Waals surface area contributed by atoms with Crippen LogP contribution in [0.2, 0.25) is 0 Å². The largest absolute Gasteiger partial charge is 0.371 e. The van der Waals surface area contributed by atoms with Crippen molar-refractivity contribution in [2.45, 2.75) is 31.7 Å². The quantitative estimate of drug-likeness (QED) is 0.800. The zero-order valence-electron chi connectivity index (χ0n) is 9.56. The van der Waals surface area contributed by atoms with Gasteiger partial charge in [0.15, 0.2) is 0 Å². The average molecular weight is 249 g/mol. The molecule has 5 heteroatoms. The number of nitrogens with zero attached hydrogens (tertiary/aromatic N) is 1. The minimum atomic E-state index is 0. The van der Waals surface area contributed by atoms with E-state index in [1.54, 1.807) is 0 Å². The van der Waals surface area contributed by atoms with Crippen molar-refractivity contribution in [3.8, 4) is 0 Å². The Morgan fingerprint density at radius 3 is 2.44 bits per heavy atom. The first-order chi connectivity index (χ1) is 7.25. The van der Waals surface area contributed by atoms with Gasteiger partial charge in [-0.2, -0.15) is 0 Å². The van der Waals surface area contributed by atoms with Crippen LogP contribution in [0.3, 0.4) is 0 Å². The molecule has 0 radical (unpaired) electrons. The predicted molar refractivity (Wildman–Crippen MR) is 64.6 cm³/mol. The number of likely N-dealkylation sites (tertiary alicyclic amines) is 1. The number of rotatable bonds is 4. The van der Waals surface area contributed by atoms with Crippen molar-refractivity contribution >= 4 is 18.3 Å². The smallest absolute Gasteiger partial charge is 0.248 e. The Labute approximate surface area is 103 Å². The van der Waals surface area contributed by atoms with Gasteiger partial charge in [0.05, 0.1) is 6.61 Å². The lowest BCUT2D eigenvalue weighted by molar-refractivity contribution is -0.137. The van der Waals surface area contributed by atoms with Gasteiger partial charge < -0.3 is 15.4 Å². The summed E-state index contributed by atoms with van der Waals surface area (Å²) in [4.78, 5) is 13.5. The maximum absolute atomic E-state index is 11.7. The molecule has 1 amide bonds. The van der Waals surface area contributed by atoms with Gasteiger partial charge in [-0.15, -0.1) is 12.4 Å². The van der Waals surface area contributed by atoms with Crippen LogP contribution in [0.15, 0.2) is 0 Å². The molecule has 94 valence electrons. The van der Waals surface area contributed by atoms with Crippen LogP contribution >= 0.6 is 12.4 Å². The first kappa shape index (κ1) is 13.7. The van der Waals surface area contributed by atoms with Crippen molar-refractivity contribution in [1.82, 2.24) is 4.90 Å². The van der Waals surface area contributed by atoms with Crippen LogP contribution in [0.5, 0.6) is 0 Å². The molecule has 1 saturated carbocycles. The summed E-state index contributed by atoms with van der Waals surface area (Å²) in [7, 11) is 0. The summed E-state index contributed by atoms with van der Waals surface area (Å²) >= 11 is 0. The summed E-state index contributed by atoms with van der Waals surface area (Å²) in [5.41, 5.74) is 5.78. The van der Waals surface area contributed by atoms with E-state index < -0.39 is 0 Å². The lowest BCUT2D eigenvalue weighted by Crippen LogP contribution is -2.44. The Balaban J connectivity index is 0.00000128. The Morgan fingerprint density at radius 2 is 1.88 bits per heavy atom. The molecule has 16 heavy (non-hydrogen) atoms. The van der Waals surface area contributed by atoms with Crippen molar-refractivity contribution < 1.29 is 9.53 Å². The molecule has 2 rings (SSSR count).